The maximum Gasteiger partial charge on any atom is 0.409 e. The molecule has 2 fully saturated rings. The summed E-state index contributed by atoms with van der Waals surface area (Å²) in [4.78, 5) is 29.9. The zero-order valence-corrected chi connectivity index (χ0v) is 15.0. The van der Waals surface area contributed by atoms with Gasteiger partial charge in [0.1, 0.15) is 6.10 Å². The molecule has 2 aliphatic rings. The van der Waals surface area contributed by atoms with E-state index in [2.05, 4.69) is 10.3 Å². The van der Waals surface area contributed by atoms with Crippen LogP contribution in [0.1, 0.15) is 36.5 Å². The molecular formula is C18H25N3O5. The number of hydrogen-bond donors (Lipinski definition) is 1. The van der Waals surface area contributed by atoms with E-state index < -0.39 is 0 Å². The summed E-state index contributed by atoms with van der Waals surface area (Å²) in [6.07, 6.45) is 3.54. The summed E-state index contributed by atoms with van der Waals surface area (Å²) >= 11 is 0. The number of nitrogens with zero attached hydrogens (tertiary/aromatic N) is 2. The predicted octanol–water partition coefficient (Wildman–Crippen LogP) is 1.60. The lowest BCUT2D eigenvalue weighted by Crippen LogP contribution is -2.46. The van der Waals surface area contributed by atoms with E-state index in [-0.39, 0.29) is 24.1 Å². The lowest BCUT2D eigenvalue weighted by Gasteiger charge is -2.31. The summed E-state index contributed by atoms with van der Waals surface area (Å²) in [6, 6.07) is 3.46. The highest BCUT2D eigenvalue weighted by atomic mass is 16.6. The monoisotopic (exact) mass is 363 g/mol. The summed E-state index contributed by atoms with van der Waals surface area (Å²) < 4.78 is 16.0. The molecule has 2 saturated heterocycles. The fourth-order valence-corrected chi connectivity index (χ4v) is 3.05. The van der Waals surface area contributed by atoms with Crippen LogP contribution in [0.25, 0.3) is 0 Å². The molecule has 0 bridgehead atoms. The van der Waals surface area contributed by atoms with Crippen LogP contribution in [0.4, 0.5) is 4.79 Å². The normalized spacial score (nSPS) is 20.7. The van der Waals surface area contributed by atoms with Gasteiger partial charge in [0.15, 0.2) is 0 Å². The van der Waals surface area contributed by atoms with E-state index in [4.69, 9.17) is 14.2 Å². The molecule has 0 aromatic carbocycles. The molecule has 3 rings (SSSR count). The minimum absolute atomic E-state index is 0.0340. The number of likely N-dealkylation sites (tertiary alicyclic amines) is 1. The highest BCUT2D eigenvalue weighted by molar-refractivity contribution is 5.94. The van der Waals surface area contributed by atoms with Crippen molar-refractivity contribution < 1.29 is 23.8 Å². The molecule has 1 N–H and O–H groups in total. The van der Waals surface area contributed by atoms with Crippen LogP contribution < -0.4 is 10.1 Å². The van der Waals surface area contributed by atoms with Gasteiger partial charge in [-0.2, -0.15) is 0 Å². The number of carbonyl (C=O) groups is 2. The predicted molar refractivity (Wildman–Crippen MR) is 93.2 cm³/mol. The summed E-state index contributed by atoms with van der Waals surface area (Å²) in [7, 11) is 0. The molecule has 142 valence electrons. The molecule has 8 nitrogen and oxygen atoms in total. The first kappa shape index (κ1) is 18.4. The average molecular weight is 363 g/mol. The van der Waals surface area contributed by atoms with Gasteiger partial charge in [-0.3, -0.25) is 4.79 Å². The van der Waals surface area contributed by atoms with E-state index >= 15 is 0 Å². The van der Waals surface area contributed by atoms with Crippen LogP contribution in [0.2, 0.25) is 0 Å². The number of hydrogen-bond acceptors (Lipinski definition) is 6. The third-order valence-corrected chi connectivity index (χ3v) is 4.53. The number of piperidine rings is 1. The Kier molecular flexibility index (Phi) is 6.27. The Morgan fingerprint density at radius 3 is 2.73 bits per heavy atom. The number of amides is 2. The van der Waals surface area contributed by atoms with Crippen LogP contribution >= 0.6 is 0 Å². The van der Waals surface area contributed by atoms with Crippen LogP contribution in [0.15, 0.2) is 18.3 Å². The van der Waals surface area contributed by atoms with Crippen molar-refractivity contribution in [3.05, 3.63) is 23.9 Å². The molecule has 2 amide bonds. The van der Waals surface area contributed by atoms with Crippen molar-refractivity contribution in [2.45, 2.75) is 38.3 Å². The molecule has 1 atom stereocenters. The van der Waals surface area contributed by atoms with E-state index in [1.165, 1.54) is 6.20 Å². The van der Waals surface area contributed by atoms with Crippen molar-refractivity contribution in [1.82, 2.24) is 15.2 Å². The first-order chi connectivity index (χ1) is 12.7. The number of nitrogens with one attached hydrogen (secondary N) is 1. The fraction of sp³-hybridized carbons (Fsp3) is 0.611. The minimum atomic E-state index is -0.287. The summed E-state index contributed by atoms with van der Waals surface area (Å²) in [5.74, 6) is 0.336. The van der Waals surface area contributed by atoms with Crippen molar-refractivity contribution in [3.8, 4) is 5.88 Å². The topological polar surface area (TPSA) is 90.0 Å². The zero-order chi connectivity index (χ0) is 18.4. The van der Waals surface area contributed by atoms with Gasteiger partial charge < -0.3 is 24.4 Å². The van der Waals surface area contributed by atoms with Gasteiger partial charge in [-0.05, 0) is 25.8 Å². The van der Waals surface area contributed by atoms with Crippen LogP contribution in [-0.4, -0.2) is 66.9 Å². The number of aromatic nitrogens is 1. The Hall–Kier alpha value is -2.35. The Bertz CT molecular complexity index is 608. The van der Waals surface area contributed by atoms with Gasteiger partial charge >= 0.3 is 6.09 Å². The van der Waals surface area contributed by atoms with Crippen molar-refractivity contribution in [2.75, 3.05) is 32.9 Å². The SMILES string of the molecule is CCOC(=O)N1CCC(NC(=O)c2ccc(OC3CCOC3)nc2)CC1. The largest absolute Gasteiger partial charge is 0.472 e. The molecule has 8 heteroatoms. The fourth-order valence-electron chi connectivity index (χ4n) is 3.05. The van der Waals surface area contributed by atoms with E-state index in [0.717, 1.165) is 6.42 Å². The number of rotatable bonds is 5. The minimum Gasteiger partial charge on any atom is -0.472 e. The number of pyridine rings is 1. The van der Waals surface area contributed by atoms with Crippen LogP contribution in [0, 0.1) is 0 Å². The van der Waals surface area contributed by atoms with Crippen LogP contribution in [0.5, 0.6) is 5.88 Å². The van der Waals surface area contributed by atoms with E-state index in [9.17, 15) is 9.59 Å². The van der Waals surface area contributed by atoms with Gasteiger partial charge in [0.2, 0.25) is 5.88 Å². The molecule has 0 radical (unpaired) electrons. The smallest absolute Gasteiger partial charge is 0.409 e. The molecule has 2 aliphatic heterocycles. The molecule has 3 heterocycles. The first-order valence-corrected chi connectivity index (χ1v) is 9.08. The third-order valence-electron chi connectivity index (χ3n) is 4.53. The molecule has 0 aliphatic carbocycles. The van der Waals surface area contributed by atoms with Crippen molar-refractivity contribution in [1.29, 1.82) is 0 Å². The average Bonchev–Trinajstić information content (AvgIpc) is 3.16. The van der Waals surface area contributed by atoms with Gasteiger partial charge in [-0.15, -0.1) is 0 Å². The second-order valence-electron chi connectivity index (χ2n) is 6.42. The summed E-state index contributed by atoms with van der Waals surface area (Å²) in [5, 5.41) is 3.00. The van der Waals surface area contributed by atoms with E-state index in [1.54, 1.807) is 24.0 Å². The Morgan fingerprint density at radius 1 is 1.31 bits per heavy atom. The maximum absolute atomic E-state index is 12.4. The number of ether oxygens (including phenoxy) is 3. The molecular weight excluding hydrogens is 338 g/mol. The summed E-state index contributed by atoms with van der Waals surface area (Å²) in [6.45, 7) is 4.61. The van der Waals surface area contributed by atoms with Gasteiger partial charge in [0.25, 0.3) is 5.91 Å². The molecule has 1 unspecified atom stereocenters. The third kappa shape index (κ3) is 4.85. The van der Waals surface area contributed by atoms with Crippen molar-refractivity contribution in [2.24, 2.45) is 0 Å². The molecule has 1 aromatic heterocycles. The van der Waals surface area contributed by atoms with Crippen LogP contribution in [0.3, 0.4) is 0 Å². The highest BCUT2D eigenvalue weighted by Crippen LogP contribution is 2.16. The first-order valence-electron chi connectivity index (χ1n) is 9.08. The Labute approximate surface area is 152 Å². The van der Waals surface area contributed by atoms with Crippen LogP contribution in [-0.2, 0) is 9.47 Å². The van der Waals surface area contributed by atoms with Gasteiger partial charge in [-0.1, -0.05) is 0 Å². The number of carbonyl (C=O) groups excluding carboxylic acids is 2. The van der Waals surface area contributed by atoms with Crippen molar-refractivity contribution >= 4 is 12.0 Å². The Morgan fingerprint density at radius 2 is 2.12 bits per heavy atom. The molecule has 0 saturated carbocycles. The highest BCUT2D eigenvalue weighted by Gasteiger charge is 2.25. The molecule has 26 heavy (non-hydrogen) atoms. The van der Waals surface area contributed by atoms with Gasteiger partial charge in [0.05, 0.1) is 25.4 Å². The molecule has 0 spiro atoms. The zero-order valence-electron chi connectivity index (χ0n) is 15.0. The van der Waals surface area contributed by atoms with Gasteiger partial charge in [0, 0.05) is 37.8 Å². The molecule has 1 aromatic rings. The maximum atomic E-state index is 12.4. The standard InChI is InChI=1S/C18H25N3O5/c1-2-25-18(23)21-8-5-14(6-9-21)20-17(22)13-3-4-16(19-11-13)26-15-7-10-24-12-15/h3-4,11,14-15H,2,5-10,12H2,1H3,(H,20,22). The Balaban J connectivity index is 1.45. The van der Waals surface area contributed by atoms with E-state index in [0.29, 0.717) is 57.2 Å². The van der Waals surface area contributed by atoms with Crippen molar-refractivity contribution in [3.63, 3.8) is 0 Å². The summed E-state index contributed by atoms with van der Waals surface area (Å²) in [5.41, 5.74) is 0.493. The second-order valence-corrected chi connectivity index (χ2v) is 6.42. The second kappa shape index (κ2) is 8.84. The van der Waals surface area contributed by atoms with Gasteiger partial charge in [-0.25, -0.2) is 9.78 Å². The lowest BCUT2D eigenvalue weighted by atomic mass is 10.0. The quantitative estimate of drug-likeness (QED) is 0.855. The van der Waals surface area contributed by atoms with E-state index in [1.807, 2.05) is 0 Å². The lowest BCUT2D eigenvalue weighted by molar-refractivity contribution is 0.0859.